The first-order valence-electron chi connectivity index (χ1n) is 5.88. The van der Waals surface area contributed by atoms with Crippen molar-refractivity contribution in [1.82, 2.24) is 0 Å². The van der Waals surface area contributed by atoms with Crippen LogP contribution < -0.4 is 5.32 Å². The summed E-state index contributed by atoms with van der Waals surface area (Å²) in [6.07, 6.45) is 1.77. The van der Waals surface area contributed by atoms with Gasteiger partial charge in [-0.1, -0.05) is 24.1 Å². The summed E-state index contributed by atoms with van der Waals surface area (Å²) in [6, 6.07) is 5.04. The maximum absolute atomic E-state index is 12.1. The van der Waals surface area contributed by atoms with E-state index < -0.39 is 21.0 Å². The van der Waals surface area contributed by atoms with Gasteiger partial charge < -0.3 is 5.32 Å². The zero-order chi connectivity index (χ0) is 14.0. The van der Waals surface area contributed by atoms with Crippen molar-refractivity contribution in [3.8, 4) is 0 Å². The predicted molar refractivity (Wildman–Crippen MR) is 79.2 cm³/mol. The molecule has 0 spiro atoms. The van der Waals surface area contributed by atoms with E-state index in [9.17, 15) is 13.2 Å². The smallest absolute Gasteiger partial charge is 0.242 e. The Bertz CT molecular complexity index is 603. The lowest BCUT2D eigenvalue weighted by atomic mass is 10.2. The van der Waals surface area contributed by atoms with Crippen LogP contribution >= 0.6 is 27.5 Å². The number of sulfone groups is 1. The number of carbonyl (C=O) groups excluding carboxylic acids is 1. The van der Waals surface area contributed by atoms with Gasteiger partial charge in [0.25, 0.3) is 0 Å². The fraction of sp³-hybridized carbons (Fsp3) is 0.417. The number of nitrogens with one attached hydrogen (secondary N) is 1. The highest BCUT2D eigenvalue weighted by Crippen LogP contribution is 2.31. The number of hydrogen-bond donors (Lipinski definition) is 1. The molecule has 7 heteroatoms. The molecule has 0 aromatic heterocycles. The highest BCUT2D eigenvalue weighted by molar-refractivity contribution is 9.10. The molecule has 1 aromatic carbocycles. The van der Waals surface area contributed by atoms with Crippen LogP contribution in [0, 0.1) is 0 Å². The molecule has 1 amide bonds. The van der Waals surface area contributed by atoms with Crippen molar-refractivity contribution in [1.29, 1.82) is 0 Å². The minimum atomic E-state index is -3.33. The van der Waals surface area contributed by atoms with E-state index in [0.717, 1.165) is 6.42 Å². The summed E-state index contributed by atoms with van der Waals surface area (Å²) < 4.78 is 24.3. The summed E-state index contributed by atoms with van der Waals surface area (Å²) >= 11 is 9.19. The van der Waals surface area contributed by atoms with Crippen LogP contribution in [-0.4, -0.2) is 25.3 Å². The Morgan fingerprint density at radius 1 is 1.37 bits per heavy atom. The van der Waals surface area contributed by atoms with Crippen LogP contribution in [0.5, 0.6) is 0 Å². The normalized spacial score (nSPS) is 21.9. The molecule has 1 aliphatic heterocycles. The predicted octanol–water partition coefficient (Wildman–Crippen LogP) is 3.01. The van der Waals surface area contributed by atoms with Gasteiger partial charge in [0.2, 0.25) is 5.91 Å². The summed E-state index contributed by atoms with van der Waals surface area (Å²) in [4.78, 5) is 12.1. The standard InChI is InChI=1S/C12H13BrClNO3S/c13-11-8(14)4-3-5-9(11)15-12(16)10-6-1-2-7-19(10,17)18/h3-5,10H,1-2,6-7H2,(H,15,16). The minimum absolute atomic E-state index is 0.0851. The third-order valence-electron chi connectivity index (χ3n) is 3.08. The van der Waals surface area contributed by atoms with E-state index in [2.05, 4.69) is 21.2 Å². The van der Waals surface area contributed by atoms with E-state index in [1.807, 2.05) is 0 Å². The summed E-state index contributed by atoms with van der Waals surface area (Å²) in [7, 11) is -3.33. The maximum atomic E-state index is 12.1. The number of amides is 1. The van der Waals surface area contributed by atoms with Gasteiger partial charge in [0.1, 0.15) is 5.25 Å². The van der Waals surface area contributed by atoms with E-state index in [1.165, 1.54) is 0 Å². The highest BCUT2D eigenvalue weighted by atomic mass is 79.9. The molecule has 2 rings (SSSR count). The van der Waals surface area contributed by atoms with E-state index in [-0.39, 0.29) is 5.75 Å². The van der Waals surface area contributed by atoms with Gasteiger partial charge in [0.05, 0.1) is 20.9 Å². The molecule has 1 aromatic rings. The first-order chi connectivity index (χ1) is 8.92. The van der Waals surface area contributed by atoms with Gasteiger partial charge in [-0.05, 0) is 40.9 Å². The molecule has 0 radical (unpaired) electrons. The van der Waals surface area contributed by atoms with Crippen molar-refractivity contribution in [3.63, 3.8) is 0 Å². The Kier molecular flexibility index (Phi) is 4.53. The Labute approximate surface area is 125 Å². The highest BCUT2D eigenvalue weighted by Gasteiger charge is 2.35. The zero-order valence-electron chi connectivity index (χ0n) is 10.0. The number of hydrogen-bond acceptors (Lipinski definition) is 3. The van der Waals surface area contributed by atoms with Gasteiger partial charge in [-0.2, -0.15) is 0 Å². The summed E-state index contributed by atoms with van der Waals surface area (Å²) in [5.41, 5.74) is 0.485. The SMILES string of the molecule is O=C(Nc1cccc(Cl)c1Br)C1CCCCS1(=O)=O. The van der Waals surface area contributed by atoms with E-state index in [4.69, 9.17) is 11.6 Å². The van der Waals surface area contributed by atoms with Gasteiger partial charge in [0, 0.05) is 0 Å². The molecule has 1 N–H and O–H groups in total. The molecule has 1 heterocycles. The fourth-order valence-corrected chi connectivity index (χ4v) is 4.40. The summed E-state index contributed by atoms with van der Waals surface area (Å²) in [5, 5.41) is 2.14. The molecule has 1 unspecified atom stereocenters. The molecule has 1 saturated heterocycles. The molecule has 19 heavy (non-hydrogen) atoms. The Morgan fingerprint density at radius 2 is 2.11 bits per heavy atom. The van der Waals surface area contributed by atoms with Gasteiger partial charge in [-0.3, -0.25) is 4.79 Å². The van der Waals surface area contributed by atoms with E-state index in [0.29, 0.717) is 28.0 Å². The average molecular weight is 367 g/mol. The fourth-order valence-electron chi connectivity index (χ4n) is 2.06. The molecule has 1 fully saturated rings. The Hall–Kier alpha value is -0.590. The lowest BCUT2D eigenvalue weighted by Gasteiger charge is -2.21. The van der Waals surface area contributed by atoms with Crippen LogP contribution in [0.3, 0.4) is 0 Å². The quantitative estimate of drug-likeness (QED) is 0.875. The molecule has 104 valence electrons. The van der Waals surface area contributed by atoms with Crippen LogP contribution in [-0.2, 0) is 14.6 Å². The second kappa shape index (κ2) is 5.81. The maximum Gasteiger partial charge on any atom is 0.242 e. The Morgan fingerprint density at radius 3 is 2.79 bits per heavy atom. The molecular formula is C12H13BrClNO3S. The van der Waals surface area contributed by atoms with Crippen LogP contribution in [0.4, 0.5) is 5.69 Å². The molecule has 0 aliphatic carbocycles. The molecular weight excluding hydrogens is 354 g/mol. The zero-order valence-corrected chi connectivity index (χ0v) is 13.2. The second-order valence-corrected chi connectivity index (χ2v) is 7.95. The third kappa shape index (κ3) is 3.30. The van der Waals surface area contributed by atoms with Crippen molar-refractivity contribution in [2.45, 2.75) is 24.5 Å². The van der Waals surface area contributed by atoms with Crippen LogP contribution in [0.1, 0.15) is 19.3 Å². The average Bonchev–Trinajstić information content (AvgIpc) is 2.34. The number of rotatable bonds is 2. The number of anilines is 1. The number of halogens is 2. The lowest BCUT2D eigenvalue weighted by molar-refractivity contribution is -0.116. The van der Waals surface area contributed by atoms with Crippen molar-refractivity contribution < 1.29 is 13.2 Å². The minimum Gasteiger partial charge on any atom is -0.324 e. The lowest BCUT2D eigenvalue weighted by Crippen LogP contribution is -2.39. The van der Waals surface area contributed by atoms with Crippen molar-refractivity contribution in [2.75, 3.05) is 11.1 Å². The van der Waals surface area contributed by atoms with Crippen molar-refractivity contribution in [2.24, 2.45) is 0 Å². The monoisotopic (exact) mass is 365 g/mol. The summed E-state index contributed by atoms with van der Waals surface area (Å²) in [6.45, 7) is 0. The topological polar surface area (TPSA) is 63.2 Å². The Balaban J connectivity index is 2.19. The number of benzene rings is 1. The van der Waals surface area contributed by atoms with E-state index in [1.54, 1.807) is 18.2 Å². The van der Waals surface area contributed by atoms with Gasteiger partial charge in [-0.15, -0.1) is 0 Å². The van der Waals surface area contributed by atoms with Crippen LogP contribution in [0.25, 0.3) is 0 Å². The number of carbonyl (C=O) groups is 1. The second-order valence-electron chi connectivity index (χ2n) is 4.44. The molecule has 4 nitrogen and oxygen atoms in total. The molecule has 0 saturated carbocycles. The largest absolute Gasteiger partial charge is 0.324 e. The summed E-state index contributed by atoms with van der Waals surface area (Å²) in [5.74, 6) is -0.399. The van der Waals surface area contributed by atoms with Crippen LogP contribution in [0.2, 0.25) is 5.02 Å². The third-order valence-corrected chi connectivity index (χ3v) is 6.65. The first kappa shape index (κ1) is 14.8. The van der Waals surface area contributed by atoms with E-state index >= 15 is 0 Å². The molecule has 1 aliphatic rings. The molecule has 0 bridgehead atoms. The van der Waals surface area contributed by atoms with Gasteiger partial charge >= 0.3 is 0 Å². The van der Waals surface area contributed by atoms with Crippen molar-refractivity contribution >= 4 is 49.0 Å². The van der Waals surface area contributed by atoms with Crippen LogP contribution in [0.15, 0.2) is 22.7 Å². The first-order valence-corrected chi connectivity index (χ1v) is 8.77. The molecule has 1 atom stereocenters. The van der Waals surface area contributed by atoms with Crippen molar-refractivity contribution in [3.05, 3.63) is 27.7 Å². The van der Waals surface area contributed by atoms with Gasteiger partial charge in [-0.25, -0.2) is 8.42 Å². The van der Waals surface area contributed by atoms with Gasteiger partial charge in [0.15, 0.2) is 9.84 Å².